The summed E-state index contributed by atoms with van der Waals surface area (Å²) in [4.78, 5) is 23.8. The molecule has 0 aliphatic rings. The van der Waals surface area contributed by atoms with Crippen LogP contribution in [-0.2, 0) is 16.1 Å². The first-order chi connectivity index (χ1) is 8.32. The number of aliphatic carboxylic acids is 1. The Balaban J connectivity index is 2.78. The molecule has 0 aliphatic carbocycles. The van der Waals surface area contributed by atoms with Gasteiger partial charge in [-0.2, -0.15) is 0 Å². The second-order valence-electron chi connectivity index (χ2n) is 3.99. The lowest BCUT2D eigenvalue weighted by Gasteiger charge is -2.20. The lowest BCUT2D eigenvalue weighted by atomic mass is 10.1. The van der Waals surface area contributed by atoms with E-state index >= 15 is 0 Å². The van der Waals surface area contributed by atoms with Crippen LogP contribution in [0.1, 0.15) is 12.5 Å². The van der Waals surface area contributed by atoms with Crippen molar-refractivity contribution in [3.8, 4) is 0 Å². The Labute approximate surface area is 115 Å². The van der Waals surface area contributed by atoms with E-state index in [2.05, 4.69) is 0 Å². The van der Waals surface area contributed by atoms with Crippen molar-refractivity contribution in [2.75, 3.05) is 7.05 Å². The van der Waals surface area contributed by atoms with Crippen molar-refractivity contribution in [2.45, 2.75) is 13.5 Å². The average Bonchev–Trinajstić information content (AvgIpc) is 2.30. The molecule has 1 atom stereocenters. The zero-order chi connectivity index (χ0) is 13.9. The summed E-state index contributed by atoms with van der Waals surface area (Å²) >= 11 is 11.7. The highest BCUT2D eigenvalue weighted by atomic mass is 35.5. The highest BCUT2D eigenvalue weighted by molar-refractivity contribution is 6.35. The number of halogens is 2. The SMILES string of the molecule is CC(C(=O)O)C(=O)N(C)Cc1ccc(Cl)cc1Cl. The van der Waals surface area contributed by atoms with Crippen LogP contribution >= 0.6 is 23.2 Å². The maximum Gasteiger partial charge on any atom is 0.315 e. The molecule has 1 rings (SSSR count). The molecule has 0 spiro atoms. The fourth-order valence-corrected chi connectivity index (χ4v) is 1.89. The summed E-state index contributed by atoms with van der Waals surface area (Å²) in [6, 6.07) is 4.96. The summed E-state index contributed by atoms with van der Waals surface area (Å²) in [7, 11) is 1.53. The molecule has 4 nitrogen and oxygen atoms in total. The quantitative estimate of drug-likeness (QED) is 0.867. The Morgan fingerprint density at radius 1 is 1.39 bits per heavy atom. The number of hydrogen-bond donors (Lipinski definition) is 1. The van der Waals surface area contributed by atoms with Crippen LogP contribution < -0.4 is 0 Å². The van der Waals surface area contributed by atoms with Crippen molar-refractivity contribution in [2.24, 2.45) is 5.92 Å². The molecule has 0 aliphatic heterocycles. The summed E-state index contributed by atoms with van der Waals surface area (Å²) in [6.07, 6.45) is 0. The Hall–Kier alpha value is -1.26. The predicted molar refractivity (Wildman–Crippen MR) is 69.7 cm³/mol. The largest absolute Gasteiger partial charge is 0.481 e. The van der Waals surface area contributed by atoms with Gasteiger partial charge in [0.05, 0.1) is 0 Å². The minimum atomic E-state index is -1.14. The molecule has 6 heteroatoms. The fraction of sp³-hybridized carbons (Fsp3) is 0.333. The van der Waals surface area contributed by atoms with Gasteiger partial charge in [0.25, 0.3) is 0 Å². The summed E-state index contributed by atoms with van der Waals surface area (Å²) in [5.41, 5.74) is 0.717. The van der Waals surface area contributed by atoms with Gasteiger partial charge in [0.15, 0.2) is 0 Å². The molecule has 18 heavy (non-hydrogen) atoms. The fourth-order valence-electron chi connectivity index (χ4n) is 1.42. The molecule has 0 fully saturated rings. The van der Waals surface area contributed by atoms with E-state index in [1.807, 2.05) is 0 Å². The van der Waals surface area contributed by atoms with Crippen molar-refractivity contribution in [3.63, 3.8) is 0 Å². The first-order valence-electron chi connectivity index (χ1n) is 5.24. The smallest absolute Gasteiger partial charge is 0.315 e. The van der Waals surface area contributed by atoms with Crippen LogP contribution in [0.4, 0.5) is 0 Å². The zero-order valence-electron chi connectivity index (χ0n) is 9.98. The molecule has 0 saturated carbocycles. The standard InChI is InChI=1S/C12H13Cl2NO3/c1-7(12(17)18)11(16)15(2)6-8-3-4-9(13)5-10(8)14/h3-5,7H,6H2,1-2H3,(H,17,18). The normalized spacial score (nSPS) is 12.0. The third-order valence-electron chi connectivity index (χ3n) is 2.54. The number of rotatable bonds is 4. The maximum atomic E-state index is 11.7. The molecule has 1 N–H and O–H groups in total. The Bertz CT molecular complexity index is 476. The number of nitrogens with zero attached hydrogens (tertiary/aromatic N) is 1. The molecule has 0 aromatic heterocycles. The highest BCUT2D eigenvalue weighted by Crippen LogP contribution is 2.22. The summed E-state index contributed by atoms with van der Waals surface area (Å²) < 4.78 is 0. The molecule has 0 heterocycles. The third-order valence-corrected chi connectivity index (χ3v) is 3.13. The van der Waals surface area contributed by atoms with Crippen molar-refractivity contribution < 1.29 is 14.7 Å². The van der Waals surface area contributed by atoms with Crippen LogP contribution in [0, 0.1) is 5.92 Å². The molecule has 98 valence electrons. The first kappa shape index (κ1) is 14.8. The molecule has 0 radical (unpaired) electrons. The zero-order valence-corrected chi connectivity index (χ0v) is 11.5. The lowest BCUT2D eigenvalue weighted by Crippen LogP contribution is -2.35. The van der Waals surface area contributed by atoms with Crippen LogP contribution in [0.15, 0.2) is 18.2 Å². The number of carbonyl (C=O) groups excluding carboxylic acids is 1. The van der Waals surface area contributed by atoms with Gasteiger partial charge in [-0.15, -0.1) is 0 Å². The van der Waals surface area contributed by atoms with Crippen LogP contribution in [0.25, 0.3) is 0 Å². The number of carbonyl (C=O) groups is 2. The molecule has 1 amide bonds. The van der Waals surface area contributed by atoms with Gasteiger partial charge in [0, 0.05) is 23.6 Å². The van der Waals surface area contributed by atoms with E-state index in [0.29, 0.717) is 10.0 Å². The number of hydrogen-bond acceptors (Lipinski definition) is 2. The second kappa shape index (κ2) is 6.07. The van der Waals surface area contributed by atoms with Gasteiger partial charge in [-0.05, 0) is 24.6 Å². The number of carboxylic acid groups (broad SMARTS) is 1. The van der Waals surface area contributed by atoms with E-state index in [1.165, 1.54) is 18.9 Å². The molecule has 0 bridgehead atoms. The van der Waals surface area contributed by atoms with E-state index in [9.17, 15) is 9.59 Å². The van der Waals surface area contributed by atoms with Gasteiger partial charge in [-0.3, -0.25) is 9.59 Å². The Morgan fingerprint density at radius 2 is 2.00 bits per heavy atom. The minimum absolute atomic E-state index is 0.243. The summed E-state index contributed by atoms with van der Waals surface area (Å²) in [5.74, 6) is -2.68. The second-order valence-corrected chi connectivity index (χ2v) is 4.83. The summed E-state index contributed by atoms with van der Waals surface area (Å²) in [5, 5.41) is 9.73. The monoisotopic (exact) mass is 289 g/mol. The number of carboxylic acids is 1. The minimum Gasteiger partial charge on any atom is -0.481 e. The highest BCUT2D eigenvalue weighted by Gasteiger charge is 2.24. The first-order valence-corrected chi connectivity index (χ1v) is 6.00. The van der Waals surface area contributed by atoms with Crippen molar-refractivity contribution >= 4 is 35.1 Å². The van der Waals surface area contributed by atoms with E-state index in [-0.39, 0.29) is 6.54 Å². The topological polar surface area (TPSA) is 57.6 Å². The molecule has 1 unspecified atom stereocenters. The summed E-state index contributed by atoms with van der Waals surface area (Å²) in [6.45, 7) is 1.59. The van der Waals surface area contributed by atoms with Gasteiger partial charge in [-0.25, -0.2) is 0 Å². The van der Waals surface area contributed by atoms with Crippen LogP contribution in [0.2, 0.25) is 10.0 Å². The van der Waals surface area contributed by atoms with Crippen molar-refractivity contribution in [1.82, 2.24) is 4.90 Å². The molecule has 0 saturated heterocycles. The Kier molecular flexibility index (Phi) is 4.99. The van der Waals surface area contributed by atoms with E-state index in [4.69, 9.17) is 28.3 Å². The molecule has 1 aromatic rings. The van der Waals surface area contributed by atoms with Crippen molar-refractivity contribution in [3.05, 3.63) is 33.8 Å². The van der Waals surface area contributed by atoms with Gasteiger partial charge in [-0.1, -0.05) is 29.3 Å². The van der Waals surface area contributed by atoms with Crippen LogP contribution in [0.5, 0.6) is 0 Å². The van der Waals surface area contributed by atoms with E-state index < -0.39 is 17.8 Å². The molecule has 1 aromatic carbocycles. The van der Waals surface area contributed by atoms with E-state index in [0.717, 1.165) is 5.56 Å². The van der Waals surface area contributed by atoms with Gasteiger partial charge in [0.1, 0.15) is 5.92 Å². The van der Waals surface area contributed by atoms with Gasteiger partial charge < -0.3 is 10.0 Å². The predicted octanol–water partition coefficient (Wildman–Crippen LogP) is 2.67. The Morgan fingerprint density at radius 3 is 2.50 bits per heavy atom. The van der Waals surface area contributed by atoms with Gasteiger partial charge >= 0.3 is 5.97 Å². The third kappa shape index (κ3) is 3.62. The van der Waals surface area contributed by atoms with Crippen LogP contribution in [0.3, 0.4) is 0 Å². The maximum absolute atomic E-state index is 11.7. The molecular weight excluding hydrogens is 277 g/mol. The number of benzene rings is 1. The number of amides is 1. The molecular formula is C12H13Cl2NO3. The average molecular weight is 290 g/mol. The lowest BCUT2D eigenvalue weighted by molar-refractivity contribution is -0.149. The van der Waals surface area contributed by atoms with E-state index in [1.54, 1.807) is 18.2 Å². The van der Waals surface area contributed by atoms with Crippen LogP contribution in [-0.4, -0.2) is 28.9 Å². The van der Waals surface area contributed by atoms with Crippen molar-refractivity contribution in [1.29, 1.82) is 0 Å². The van der Waals surface area contributed by atoms with Gasteiger partial charge in [0.2, 0.25) is 5.91 Å².